The van der Waals surface area contributed by atoms with Crippen molar-refractivity contribution in [2.24, 2.45) is 34.5 Å². The Kier molecular flexibility index (Phi) is 3.58. The number of ketones is 1. The zero-order chi connectivity index (χ0) is 16.4. The fourth-order valence-electron chi connectivity index (χ4n) is 6.82. The quantitative estimate of drug-likeness (QED) is 0.520. The lowest BCUT2D eigenvalue weighted by molar-refractivity contribution is -0.120. The number of carbonyl (C=O) groups is 2. The van der Waals surface area contributed by atoms with Gasteiger partial charge in [-0.2, -0.15) is 0 Å². The van der Waals surface area contributed by atoms with E-state index < -0.39 is 0 Å². The van der Waals surface area contributed by atoms with E-state index in [9.17, 15) is 9.59 Å². The molecule has 0 N–H and O–H groups in total. The van der Waals surface area contributed by atoms with E-state index in [-0.39, 0.29) is 27.9 Å². The zero-order valence-electron chi connectivity index (χ0n) is 14.2. The van der Waals surface area contributed by atoms with E-state index in [2.05, 4.69) is 13.8 Å². The first-order chi connectivity index (χ1) is 10.9. The topological polar surface area (TPSA) is 34.1 Å². The lowest BCUT2D eigenvalue weighted by Crippen LogP contribution is -2.53. The third-order valence-electron chi connectivity index (χ3n) is 8.18. The van der Waals surface area contributed by atoms with E-state index in [0.717, 1.165) is 25.7 Å². The Morgan fingerprint density at radius 2 is 1.96 bits per heavy atom. The molecule has 23 heavy (non-hydrogen) atoms. The van der Waals surface area contributed by atoms with Crippen LogP contribution >= 0.6 is 11.6 Å². The molecule has 0 aromatic heterocycles. The van der Waals surface area contributed by atoms with Gasteiger partial charge in [0.2, 0.25) is 0 Å². The average Bonchev–Trinajstić information content (AvgIpc) is 2.86. The molecule has 3 heteroatoms. The van der Waals surface area contributed by atoms with Gasteiger partial charge in [0.25, 0.3) is 0 Å². The largest absolute Gasteiger partial charge is 0.303 e. The number of alkyl halides is 1. The summed E-state index contributed by atoms with van der Waals surface area (Å²) >= 11 is 6.78. The van der Waals surface area contributed by atoms with Gasteiger partial charge >= 0.3 is 0 Å². The van der Waals surface area contributed by atoms with Crippen molar-refractivity contribution >= 4 is 23.7 Å². The Hall–Kier alpha value is -0.630. The highest BCUT2D eigenvalue weighted by Crippen LogP contribution is 2.66. The molecule has 0 amide bonds. The summed E-state index contributed by atoms with van der Waals surface area (Å²) in [6.45, 7) is 4.70. The third-order valence-corrected chi connectivity index (χ3v) is 8.59. The van der Waals surface area contributed by atoms with Gasteiger partial charge in [0.05, 0.1) is 5.38 Å². The molecule has 7 atom stereocenters. The van der Waals surface area contributed by atoms with Crippen LogP contribution in [-0.2, 0) is 9.59 Å². The number of hydrogen-bond donors (Lipinski definition) is 0. The van der Waals surface area contributed by atoms with Crippen LogP contribution in [0.4, 0.5) is 0 Å². The predicted molar refractivity (Wildman–Crippen MR) is 91.3 cm³/mol. The van der Waals surface area contributed by atoms with Crippen LogP contribution in [0.2, 0.25) is 0 Å². The molecule has 4 aliphatic carbocycles. The molecule has 0 aromatic carbocycles. The van der Waals surface area contributed by atoms with Crippen LogP contribution in [0.25, 0.3) is 0 Å². The Morgan fingerprint density at radius 3 is 2.70 bits per heavy atom. The summed E-state index contributed by atoms with van der Waals surface area (Å²) in [5, 5.41) is 0.00290. The van der Waals surface area contributed by atoms with Gasteiger partial charge in [-0.1, -0.05) is 13.8 Å². The van der Waals surface area contributed by atoms with Crippen molar-refractivity contribution in [2.45, 2.75) is 64.2 Å². The monoisotopic (exact) mass is 334 g/mol. The van der Waals surface area contributed by atoms with Crippen molar-refractivity contribution in [1.82, 2.24) is 0 Å². The van der Waals surface area contributed by atoms with Crippen molar-refractivity contribution in [1.29, 1.82) is 0 Å². The molecule has 3 fully saturated rings. The summed E-state index contributed by atoms with van der Waals surface area (Å²) < 4.78 is 0. The molecule has 7 unspecified atom stereocenters. The molecule has 4 rings (SSSR count). The standard InChI is InChI=1S/C20H27ClO2/c1-19-8-6-16-14(15(19)4-3-12(19)11-22)10-18(21)17-9-13(23)5-7-20(16,17)2/h9,11-12,14-16,18H,3-8,10H2,1-2H3. The molecule has 0 spiro atoms. The highest BCUT2D eigenvalue weighted by atomic mass is 35.5. The number of carbonyl (C=O) groups excluding carboxylic acids is 2. The van der Waals surface area contributed by atoms with Gasteiger partial charge in [-0.3, -0.25) is 4.79 Å². The van der Waals surface area contributed by atoms with E-state index in [1.54, 1.807) is 0 Å². The highest BCUT2D eigenvalue weighted by Gasteiger charge is 2.60. The van der Waals surface area contributed by atoms with Crippen molar-refractivity contribution < 1.29 is 9.59 Å². The summed E-state index contributed by atoms with van der Waals surface area (Å²) in [7, 11) is 0. The number of rotatable bonds is 1. The summed E-state index contributed by atoms with van der Waals surface area (Å²) in [5.74, 6) is 2.38. The van der Waals surface area contributed by atoms with E-state index >= 15 is 0 Å². The first kappa shape index (κ1) is 15.9. The molecule has 0 saturated heterocycles. The SMILES string of the molecule is CC12CCC(=O)C=C1C(Cl)CC1C2CCC2(C)C(C=O)CCC12. The summed E-state index contributed by atoms with van der Waals surface area (Å²) in [5.41, 5.74) is 1.50. The normalized spacial score (nSPS) is 52.2. The maximum atomic E-state index is 11.9. The second-order valence-corrected chi connectivity index (χ2v) is 9.45. The molecule has 0 aromatic rings. The van der Waals surface area contributed by atoms with Crippen LogP contribution in [0.15, 0.2) is 11.6 Å². The number of halogens is 1. The first-order valence-electron chi connectivity index (χ1n) is 9.24. The number of hydrogen-bond acceptors (Lipinski definition) is 2. The Morgan fingerprint density at radius 1 is 1.17 bits per heavy atom. The van der Waals surface area contributed by atoms with Crippen LogP contribution in [0, 0.1) is 34.5 Å². The molecular weight excluding hydrogens is 308 g/mol. The van der Waals surface area contributed by atoms with E-state index in [1.807, 2.05) is 6.08 Å². The predicted octanol–water partition coefficient (Wildman–Crippen LogP) is 4.55. The minimum atomic E-state index is 0.00290. The summed E-state index contributed by atoms with van der Waals surface area (Å²) in [4.78, 5) is 23.5. The van der Waals surface area contributed by atoms with Gasteiger partial charge in [-0.15, -0.1) is 11.6 Å². The molecule has 0 bridgehead atoms. The lowest BCUT2D eigenvalue weighted by atomic mass is 9.47. The number of fused-ring (bicyclic) bond motifs is 5. The van der Waals surface area contributed by atoms with Crippen molar-refractivity contribution in [2.75, 3.05) is 0 Å². The van der Waals surface area contributed by atoms with Crippen molar-refractivity contribution in [3.8, 4) is 0 Å². The third kappa shape index (κ3) is 2.06. The smallest absolute Gasteiger partial charge is 0.155 e. The van der Waals surface area contributed by atoms with E-state index in [4.69, 9.17) is 11.6 Å². The number of allylic oxidation sites excluding steroid dienone is 1. The molecule has 4 aliphatic rings. The van der Waals surface area contributed by atoms with Gasteiger partial charge < -0.3 is 4.79 Å². The molecule has 2 nitrogen and oxygen atoms in total. The fourth-order valence-corrected chi connectivity index (χ4v) is 7.34. The van der Waals surface area contributed by atoms with Crippen LogP contribution in [0.3, 0.4) is 0 Å². The molecule has 3 saturated carbocycles. The molecule has 0 aliphatic heterocycles. The first-order valence-corrected chi connectivity index (χ1v) is 9.68. The van der Waals surface area contributed by atoms with Gasteiger partial charge in [0.15, 0.2) is 5.78 Å². The van der Waals surface area contributed by atoms with Crippen LogP contribution < -0.4 is 0 Å². The van der Waals surface area contributed by atoms with Crippen LogP contribution in [0.1, 0.15) is 58.8 Å². The Bertz CT molecular complexity index is 582. The summed E-state index contributed by atoms with van der Waals surface area (Å²) in [6, 6.07) is 0. The maximum Gasteiger partial charge on any atom is 0.155 e. The van der Waals surface area contributed by atoms with Gasteiger partial charge in [-0.05, 0) is 78.8 Å². The Labute approximate surface area is 144 Å². The highest BCUT2D eigenvalue weighted by molar-refractivity contribution is 6.23. The second-order valence-electron chi connectivity index (χ2n) is 8.93. The van der Waals surface area contributed by atoms with Crippen molar-refractivity contribution in [3.63, 3.8) is 0 Å². The van der Waals surface area contributed by atoms with E-state index in [0.29, 0.717) is 24.2 Å². The number of aldehydes is 1. The Balaban J connectivity index is 1.72. The summed E-state index contributed by atoms with van der Waals surface area (Å²) in [6.07, 6.45) is 10.3. The molecular formula is C20H27ClO2. The molecule has 126 valence electrons. The van der Waals surface area contributed by atoms with Gasteiger partial charge in [0, 0.05) is 12.3 Å². The van der Waals surface area contributed by atoms with Crippen LogP contribution in [0.5, 0.6) is 0 Å². The van der Waals surface area contributed by atoms with E-state index in [1.165, 1.54) is 24.7 Å². The lowest BCUT2D eigenvalue weighted by Gasteiger charge is -2.58. The average molecular weight is 335 g/mol. The molecule has 0 radical (unpaired) electrons. The molecule has 0 heterocycles. The zero-order valence-corrected chi connectivity index (χ0v) is 14.9. The minimum Gasteiger partial charge on any atom is -0.303 e. The minimum absolute atomic E-state index is 0.00290. The maximum absolute atomic E-state index is 11.9. The fraction of sp³-hybridized carbons (Fsp3) is 0.800. The van der Waals surface area contributed by atoms with Crippen molar-refractivity contribution in [3.05, 3.63) is 11.6 Å². The van der Waals surface area contributed by atoms with Gasteiger partial charge in [0.1, 0.15) is 6.29 Å². The van der Waals surface area contributed by atoms with Crippen LogP contribution in [-0.4, -0.2) is 17.4 Å². The van der Waals surface area contributed by atoms with Gasteiger partial charge in [-0.25, -0.2) is 0 Å². The second kappa shape index (κ2) is 5.18.